The van der Waals surface area contributed by atoms with E-state index in [1.165, 1.54) is 16.9 Å². The zero-order valence-corrected chi connectivity index (χ0v) is 21.1. The number of carbonyl (C=O) groups is 1. The Morgan fingerprint density at radius 2 is 1.73 bits per heavy atom. The van der Waals surface area contributed by atoms with Crippen LogP contribution in [0.4, 0.5) is 11.5 Å². The van der Waals surface area contributed by atoms with Crippen LogP contribution in [0.2, 0.25) is 0 Å². The molecule has 0 saturated carbocycles. The van der Waals surface area contributed by atoms with Gasteiger partial charge in [0.05, 0.1) is 22.1 Å². The van der Waals surface area contributed by atoms with E-state index in [0.29, 0.717) is 4.88 Å². The van der Waals surface area contributed by atoms with Gasteiger partial charge in [0.2, 0.25) is 0 Å². The van der Waals surface area contributed by atoms with Crippen LogP contribution in [0, 0.1) is 0 Å². The summed E-state index contributed by atoms with van der Waals surface area (Å²) in [4.78, 5) is 31.6. The lowest BCUT2D eigenvalue weighted by Gasteiger charge is -2.35. The van der Waals surface area contributed by atoms with Crippen molar-refractivity contribution in [3.63, 3.8) is 0 Å². The van der Waals surface area contributed by atoms with E-state index in [9.17, 15) is 4.79 Å². The average molecular weight is 507 g/mol. The van der Waals surface area contributed by atoms with Crippen LogP contribution >= 0.6 is 11.3 Å². The minimum Gasteiger partial charge on any atom is -0.353 e. The summed E-state index contributed by atoms with van der Waals surface area (Å²) < 4.78 is 0. The molecule has 0 bridgehead atoms. The molecule has 0 atom stereocenters. The summed E-state index contributed by atoms with van der Waals surface area (Å²) in [5.41, 5.74) is 5.90. The number of amides is 1. The van der Waals surface area contributed by atoms with Crippen molar-refractivity contribution in [1.82, 2.24) is 19.9 Å². The predicted octanol–water partition coefficient (Wildman–Crippen LogP) is 5.33. The molecule has 0 aliphatic carbocycles. The molecule has 0 spiro atoms. The number of aromatic nitrogens is 3. The van der Waals surface area contributed by atoms with E-state index in [0.717, 1.165) is 66.4 Å². The second-order valence-corrected chi connectivity index (χ2v) is 10.0. The first-order valence-electron chi connectivity index (χ1n) is 12.3. The number of hydrogen-bond donors (Lipinski definition) is 1. The number of nitrogens with zero attached hydrogens (tertiary/aromatic N) is 5. The molecular weight excluding hydrogens is 480 g/mol. The number of rotatable bonds is 6. The molecule has 37 heavy (non-hydrogen) atoms. The van der Waals surface area contributed by atoms with Crippen LogP contribution in [-0.4, -0.2) is 51.9 Å². The summed E-state index contributed by atoms with van der Waals surface area (Å²) in [6.07, 6.45) is 5.63. The lowest BCUT2D eigenvalue weighted by Crippen LogP contribution is -2.46. The summed E-state index contributed by atoms with van der Waals surface area (Å²) in [5.74, 6) is 0.825. The van der Waals surface area contributed by atoms with Gasteiger partial charge in [-0.1, -0.05) is 30.3 Å². The topological polar surface area (TPSA) is 74.2 Å². The molecular formula is C29H26N6OS. The number of carbonyl (C=O) groups excluding carboxylic acids is 1. The van der Waals surface area contributed by atoms with Crippen molar-refractivity contribution in [3.05, 3.63) is 101 Å². The Bertz CT molecular complexity index is 1500. The van der Waals surface area contributed by atoms with Crippen molar-refractivity contribution in [2.45, 2.75) is 6.54 Å². The fourth-order valence-electron chi connectivity index (χ4n) is 4.57. The number of hydrogen-bond acceptors (Lipinski definition) is 7. The number of fused-ring (bicyclic) bond motifs is 1. The van der Waals surface area contributed by atoms with E-state index < -0.39 is 0 Å². The van der Waals surface area contributed by atoms with Crippen LogP contribution in [0.25, 0.3) is 22.2 Å². The summed E-state index contributed by atoms with van der Waals surface area (Å²) in [7, 11) is 0. The third kappa shape index (κ3) is 5.35. The van der Waals surface area contributed by atoms with Gasteiger partial charge in [-0.3, -0.25) is 19.7 Å². The van der Waals surface area contributed by atoms with E-state index >= 15 is 0 Å². The van der Waals surface area contributed by atoms with E-state index in [-0.39, 0.29) is 5.91 Å². The van der Waals surface area contributed by atoms with Gasteiger partial charge in [0, 0.05) is 50.8 Å². The number of benzene rings is 2. The quantitative estimate of drug-likeness (QED) is 0.336. The maximum Gasteiger partial charge on any atom is 0.265 e. The monoisotopic (exact) mass is 506 g/mol. The van der Waals surface area contributed by atoms with Gasteiger partial charge in [0.1, 0.15) is 5.82 Å². The third-order valence-corrected chi connectivity index (χ3v) is 7.44. The third-order valence-electron chi connectivity index (χ3n) is 6.58. The zero-order chi connectivity index (χ0) is 25.0. The van der Waals surface area contributed by atoms with Gasteiger partial charge in [-0.2, -0.15) is 0 Å². The highest BCUT2D eigenvalue weighted by Gasteiger charge is 2.19. The molecule has 1 aliphatic heterocycles. The maximum atomic E-state index is 12.3. The Morgan fingerprint density at radius 3 is 2.49 bits per heavy atom. The van der Waals surface area contributed by atoms with Crippen molar-refractivity contribution < 1.29 is 4.79 Å². The Kier molecular flexibility index (Phi) is 6.58. The molecule has 0 radical (unpaired) electrons. The minimum atomic E-state index is -0.0887. The molecule has 1 fully saturated rings. The number of piperazine rings is 1. The summed E-state index contributed by atoms with van der Waals surface area (Å²) in [6.45, 7) is 4.70. The average Bonchev–Trinajstić information content (AvgIpc) is 3.49. The minimum absolute atomic E-state index is 0.0887. The molecule has 3 aromatic heterocycles. The zero-order valence-electron chi connectivity index (χ0n) is 20.2. The predicted molar refractivity (Wildman–Crippen MR) is 149 cm³/mol. The lowest BCUT2D eigenvalue weighted by molar-refractivity contribution is 0.103. The first-order valence-corrected chi connectivity index (χ1v) is 13.2. The summed E-state index contributed by atoms with van der Waals surface area (Å²) in [5, 5.41) is 4.85. The van der Waals surface area contributed by atoms with Gasteiger partial charge in [-0.05, 0) is 58.5 Å². The number of nitrogens with one attached hydrogen (secondary N) is 1. The molecule has 1 saturated heterocycles. The maximum absolute atomic E-state index is 12.3. The number of anilines is 2. The highest BCUT2D eigenvalue weighted by molar-refractivity contribution is 7.12. The highest BCUT2D eigenvalue weighted by Crippen LogP contribution is 2.26. The van der Waals surface area contributed by atoms with Crippen LogP contribution in [-0.2, 0) is 6.54 Å². The first kappa shape index (κ1) is 23.3. The van der Waals surface area contributed by atoms with Gasteiger partial charge in [0.25, 0.3) is 5.91 Å². The molecule has 7 nitrogen and oxygen atoms in total. The second-order valence-electron chi connectivity index (χ2n) is 9.06. The van der Waals surface area contributed by atoms with E-state index in [2.05, 4.69) is 43.3 Å². The van der Waals surface area contributed by atoms with E-state index in [1.807, 2.05) is 72.5 Å². The Labute approximate surface area is 219 Å². The SMILES string of the molecule is O=C(Nc1ccc(-c2ccc3ncc(N4CCN(Cc5cccnc5)CC4)nc3c2)cc1)c1cccs1. The molecule has 2 aromatic carbocycles. The lowest BCUT2D eigenvalue weighted by atomic mass is 10.0. The van der Waals surface area contributed by atoms with E-state index in [1.54, 1.807) is 0 Å². The van der Waals surface area contributed by atoms with Crippen LogP contribution in [0.3, 0.4) is 0 Å². The van der Waals surface area contributed by atoms with Crippen LogP contribution in [0.5, 0.6) is 0 Å². The second kappa shape index (κ2) is 10.5. The molecule has 5 aromatic rings. The molecule has 0 unspecified atom stereocenters. The van der Waals surface area contributed by atoms with Crippen LogP contribution in [0.1, 0.15) is 15.2 Å². The van der Waals surface area contributed by atoms with Crippen molar-refractivity contribution in [1.29, 1.82) is 0 Å². The van der Waals surface area contributed by atoms with Crippen molar-refractivity contribution >= 4 is 39.8 Å². The molecule has 1 N–H and O–H groups in total. The van der Waals surface area contributed by atoms with Gasteiger partial charge in [-0.25, -0.2) is 4.98 Å². The fourth-order valence-corrected chi connectivity index (χ4v) is 5.18. The normalized spacial score (nSPS) is 14.1. The summed E-state index contributed by atoms with van der Waals surface area (Å²) >= 11 is 1.43. The molecule has 184 valence electrons. The Balaban J connectivity index is 1.14. The largest absolute Gasteiger partial charge is 0.353 e. The number of thiophene rings is 1. The van der Waals surface area contributed by atoms with Gasteiger partial charge < -0.3 is 10.2 Å². The fraction of sp³-hybridized carbons (Fsp3) is 0.172. The summed E-state index contributed by atoms with van der Waals surface area (Å²) in [6, 6.07) is 21.9. The number of pyridine rings is 1. The van der Waals surface area contributed by atoms with Crippen LogP contribution < -0.4 is 10.2 Å². The van der Waals surface area contributed by atoms with E-state index in [4.69, 9.17) is 4.98 Å². The standard InChI is InChI=1S/C29H26N6OS/c36-29(27-4-2-16-37-27)32-24-8-5-22(6-9-24)23-7-10-25-26(17-23)33-28(19-31-25)35-14-12-34(13-15-35)20-21-3-1-11-30-18-21/h1-11,16-19H,12-15,20H2,(H,32,36). The van der Waals surface area contributed by atoms with Gasteiger partial charge in [0.15, 0.2) is 0 Å². The molecule has 8 heteroatoms. The van der Waals surface area contributed by atoms with Crippen molar-refractivity contribution in [2.75, 3.05) is 36.4 Å². The first-order chi connectivity index (χ1) is 18.2. The Hall–Kier alpha value is -4.14. The molecule has 6 rings (SSSR count). The molecule has 4 heterocycles. The highest BCUT2D eigenvalue weighted by atomic mass is 32.1. The van der Waals surface area contributed by atoms with Gasteiger partial charge >= 0.3 is 0 Å². The molecule has 1 aliphatic rings. The van der Waals surface area contributed by atoms with Crippen molar-refractivity contribution in [3.8, 4) is 11.1 Å². The Morgan fingerprint density at radius 1 is 0.892 bits per heavy atom. The smallest absolute Gasteiger partial charge is 0.265 e. The van der Waals surface area contributed by atoms with Crippen LogP contribution in [0.15, 0.2) is 90.7 Å². The van der Waals surface area contributed by atoms with Crippen molar-refractivity contribution in [2.24, 2.45) is 0 Å². The molecule has 1 amide bonds. The van der Waals surface area contributed by atoms with Gasteiger partial charge in [-0.15, -0.1) is 11.3 Å².